The summed E-state index contributed by atoms with van der Waals surface area (Å²) in [6.45, 7) is 2.17. The average Bonchev–Trinajstić information content (AvgIpc) is 3.28. The molecule has 1 aromatic heterocycles. The number of carbonyl (C=O) groups excluding carboxylic acids is 2. The van der Waals surface area contributed by atoms with Crippen molar-refractivity contribution in [2.45, 2.75) is 0 Å². The van der Waals surface area contributed by atoms with E-state index in [2.05, 4.69) is 5.10 Å². The van der Waals surface area contributed by atoms with Gasteiger partial charge in [0.25, 0.3) is 11.8 Å². The lowest BCUT2D eigenvalue weighted by Gasteiger charge is -2.35. The maximum Gasteiger partial charge on any atom is 0.253 e. The van der Waals surface area contributed by atoms with E-state index in [0.717, 1.165) is 5.69 Å². The second kappa shape index (κ2) is 7.45. The lowest BCUT2D eigenvalue weighted by Crippen LogP contribution is -2.50. The monoisotopic (exact) mass is 360 g/mol. The van der Waals surface area contributed by atoms with Crippen LogP contribution in [0.1, 0.15) is 20.7 Å². The first kappa shape index (κ1) is 17.0. The van der Waals surface area contributed by atoms with E-state index in [9.17, 15) is 9.59 Å². The lowest BCUT2D eigenvalue weighted by molar-refractivity contribution is 0.0535. The summed E-state index contributed by atoms with van der Waals surface area (Å²) in [5.41, 5.74) is 2.25. The fourth-order valence-corrected chi connectivity index (χ4v) is 3.24. The lowest BCUT2D eigenvalue weighted by atomic mass is 10.1. The van der Waals surface area contributed by atoms with Crippen LogP contribution < -0.4 is 0 Å². The molecule has 27 heavy (non-hydrogen) atoms. The molecule has 2 amide bonds. The normalized spacial score (nSPS) is 14.2. The van der Waals surface area contributed by atoms with E-state index in [1.807, 2.05) is 66.9 Å². The minimum atomic E-state index is -0.00572. The van der Waals surface area contributed by atoms with Gasteiger partial charge < -0.3 is 9.80 Å². The molecule has 0 saturated carbocycles. The topological polar surface area (TPSA) is 58.4 Å². The van der Waals surface area contributed by atoms with Crippen LogP contribution in [0.4, 0.5) is 0 Å². The average molecular weight is 360 g/mol. The third kappa shape index (κ3) is 3.60. The van der Waals surface area contributed by atoms with Gasteiger partial charge >= 0.3 is 0 Å². The Morgan fingerprint density at radius 1 is 0.704 bits per heavy atom. The number of aromatic nitrogens is 2. The SMILES string of the molecule is O=C(c1ccccc1)N1CCN(C(=O)c2ccc(-n3cccn3)cc2)CC1. The van der Waals surface area contributed by atoms with Crippen LogP contribution in [0.3, 0.4) is 0 Å². The summed E-state index contributed by atoms with van der Waals surface area (Å²) >= 11 is 0. The Morgan fingerprint density at radius 2 is 1.26 bits per heavy atom. The molecule has 0 N–H and O–H groups in total. The zero-order valence-electron chi connectivity index (χ0n) is 14.9. The summed E-state index contributed by atoms with van der Waals surface area (Å²) in [4.78, 5) is 28.9. The van der Waals surface area contributed by atoms with E-state index >= 15 is 0 Å². The highest BCUT2D eigenvalue weighted by Crippen LogP contribution is 2.14. The van der Waals surface area contributed by atoms with Crippen molar-refractivity contribution in [2.24, 2.45) is 0 Å². The number of amides is 2. The van der Waals surface area contributed by atoms with Crippen LogP contribution in [-0.2, 0) is 0 Å². The zero-order chi connectivity index (χ0) is 18.6. The molecule has 3 aromatic rings. The molecule has 0 bridgehead atoms. The summed E-state index contributed by atoms with van der Waals surface area (Å²) in [5, 5.41) is 4.18. The van der Waals surface area contributed by atoms with Crippen molar-refractivity contribution in [1.82, 2.24) is 19.6 Å². The smallest absolute Gasteiger partial charge is 0.253 e. The third-order valence-electron chi connectivity index (χ3n) is 4.76. The predicted octanol–water partition coefficient (Wildman–Crippen LogP) is 2.47. The molecule has 0 radical (unpaired) electrons. The number of carbonyl (C=O) groups is 2. The maximum absolute atomic E-state index is 12.7. The number of benzene rings is 2. The van der Waals surface area contributed by atoms with Gasteiger partial charge in [0.2, 0.25) is 0 Å². The summed E-state index contributed by atoms with van der Waals surface area (Å²) in [6, 6.07) is 18.5. The van der Waals surface area contributed by atoms with Gasteiger partial charge in [-0.1, -0.05) is 18.2 Å². The molecule has 1 aliphatic rings. The summed E-state index contributed by atoms with van der Waals surface area (Å²) < 4.78 is 1.75. The highest BCUT2D eigenvalue weighted by molar-refractivity contribution is 5.96. The van der Waals surface area contributed by atoms with Crippen LogP contribution in [0.25, 0.3) is 5.69 Å². The molecule has 1 saturated heterocycles. The number of nitrogens with zero attached hydrogens (tertiary/aromatic N) is 4. The van der Waals surface area contributed by atoms with Crippen molar-refractivity contribution in [3.63, 3.8) is 0 Å². The fraction of sp³-hybridized carbons (Fsp3) is 0.190. The highest BCUT2D eigenvalue weighted by Gasteiger charge is 2.25. The Bertz CT molecular complexity index is 913. The highest BCUT2D eigenvalue weighted by atomic mass is 16.2. The van der Waals surface area contributed by atoms with Crippen molar-refractivity contribution in [3.05, 3.63) is 84.2 Å². The van der Waals surface area contributed by atoms with Crippen molar-refractivity contribution in [3.8, 4) is 5.69 Å². The molecule has 0 unspecified atom stereocenters. The minimum absolute atomic E-state index is 0.00572. The van der Waals surface area contributed by atoms with Gasteiger partial charge in [0.05, 0.1) is 5.69 Å². The van der Waals surface area contributed by atoms with Gasteiger partial charge in [0.15, 0.2) is 0 Å². The molecule has 0 atom stereocenters. The van der Waals surface area contributed by atoms with Crippen molar-refractivity contribution < 1.29 is 9.59 Å². The largest absolute Gasteiger partial charge is 0.335 e. The molecular formula is C21H20N4O2. The van der Waals surface area contributed by atoms with Crippen molar-refractivity contribution >= 4 is 11.8 Å². The van der Waals surface area contributed by atoms with Crippen LogP contribution in [0.15, 0.2) is 73.1 Å². The first-order valence-electron chi connectivity index (χ1n) is 8.96. The Hall–Kier alpha value is -3.41. The van der Waals surface area contributed by atoms with Crippen molar-refractivity contribution in [1.29, 1.82) is 0 Å². The minimum Gasteiger partial charge on any atom is -0.335 e. The molecule has 1 fully saturated rings. The molecule has 2 aromatic carbocycles. The molecule has 0 aliphatic carbocycles. The van der Waals surface area contributed by atoms with Gasteiger partial charge in [-0.25, -0.2) is 4.68 Å². The zero-order valence-corrected chi connectivity index (χ0v) is 14.9. The molecule has 6 nitrogen and oxygen atoms in total. The van der Waals surface area contributed by atoms with Gasteiger partial charge in [0, 0.05) is 49.7 Å². The Labute approximate surface area is 157 Å². The number of hydrogen-bond donors (Lipinski definition) is 0. The van der Waals surface area contributed by atoms with Gasteiger partial charge in [-0.15, -0.1) is 0 Å². The maximum atomic E-state index is 12.7. The molecule has 6 heteroatoms. The molecule has 0 spiro atoms. The molecule has 4 rings (SSSR count). The molecule has 2 heterocycles. The predicted molar refractivity (Wildman–Crippen MR) is 102 cm³/mol. The summed E-state index contributed by atoms with van der Waals surface area (Å²) in [6.07, 6.45) is 3.58. The van der Waals surface area contributed by atoms with Crippen LogP contribution in [0.5, 0.6) is 0 Å². The first-order valence-corrected chi connectivity index (χ1v) is 8.96. The molecular weight excluding hydrogens is 340 g/mol. The van der Waals surface area contributed by atoms with Gasteiger partial charge in [0.1, 0.15) is 0 Å². The van der Waals surface area contributed by atoms with Crippen molar-refractivity contribution in [2.75, 3.05) is 26.2 Å². The summed E-state index contributed by atoms with van der Waals surface area (Å²) in [7, 11) is 0. The fourth-order valence-electron chi connectivity index (χ4n) is 3.24. The third-order valence-corrected chi connectivity index (χ3v) is 4.76. The molecule has 136 valence electrons. The second-order valence-electron chi connectivity index (χ2n) is 6.45. The van der Waals surface area contributed by atoms with Crippen LogP contribution in [0, 0.1) is 0 Å². The molecule has 1 aliphatic heterocycles. The van der Waals surface area contributed by atoms with E-state index in [4.69, 9.17) is 0 Å². The van der Waals surface area contributed by atoms with Gasteiger partial charge in [-0.05, 0) is 42.5 Å². The first-order chi connectivity index (χ1) is 13.2. The Morgan fingerprint density at radius 3 is 1.78 bits per heavy atom. The standard InChI is InChI=1S/C21H20N4O2/c26-20(17-5-2-1-3-6-17)23-13-15-24(16-14-23)21(27)18-7-9-19(10-8-18)25-12-4-11-22-25/h1-12H,13-16H2. The van der Waals surface area contributed by atoms with Gasteiger partial charge in [-0.3, -0.25) is 9.59 Å². The number of piperazine rings is 1. The Kier molecular flexibility index (Phi) is 4.70. The van der Waals surface area contributed by atoms with E-state index in [0.29, 0.717) is 37.3 Å². The van der Waals surface area contributed by atoms with Crippen LogP contribution in [0.2, 0.25) is 0 Å². The van der Waals surface area contributed by atoms with E-state index in [-0.39, 0.29) is 11.8 Å². The summed E-state index contributed by atoms with van der Waals surface area (Å²) in [5.74, 6) is 0.0140. The van der Waals surface area contributed by atoms with Crippen LogP contribution >= 0.6 is 0 Å². The van der Waals surface area contributed by atoms with E-state index in [1.54, 1.807) is 20.7 Å². The quantitative estimate of drug-likeness (QED) is 0.721. The number of hydrogen-bond acceptors (Lipinski definition) is 3. The van der Waals surface area contributed by atoms with Crippen LogP contribution in [-0.4, -0.2) is 57.6 Å². The Balaban J connectivity index is 1.38. The van der Waals surface area contributed by atoms with E-state index in [1.165, 1.54) is 0 Å². The van der Waals surface area contributed by atoms with E-state index < -0.39 is 0 Å². The second-order valence-corrected chi connectivity index (χ2v) is 6.45. The number of rotatable bonds is 3. The van der Waals surface area contributed by atoms with Gasteiger partial charge in [-0.2, -0.15) is 5.10 Å².